The van der Waals surface area contributed by atoms with Gasteiger partial charge in [0.05, 0.1) is 5.54 Å². The van der Waals surface area contributed by atoms with Gasteiger partial charge in [-0.15, -0.1) is 0 Å². The molecule has 1 spiro atoms. The summed E-state index contributed by atoms with van der Waals surface area (Å²) in [5.74, 6) is 0. The Hall–Kier alpha value is -0.0800. The molecule has 2 rings (SSSR count). The lowest BCUT2D eigenvalue weighted by Gasteiger charge is -2.31. The van der Waals surface area contributed by atoms with Gasteiger partial charge in [0, 0.05) is 13.6 Å². The van der Waals surface area contributed by atoms with Crippen molar-refractivity contribution < 1.29 is 0 Å². The topological polar surface area (TPSA) is 17.3 Å². The van der Waals surface area contributed by atoms with Crippen molar-refractivity contribution in [2.24, 2.45) is 0 Å². The van der Waals surface area contributed by atoms with E-state index in [0.717, 1.165) is 0 Å². The summed E-state index contributed by atoms with van der Waals surface area (Å²) in [7, 11) is 2.10. The van der Waals surface area contributed by atoms with Crippen molar-refractivity contribution in [1.29, 1.82) is 0 Å². The zero-order chi connectivity index (χ0) is 7.73. The fourth-order valence-electron chi connectivity index (χ4n) is 2.39. The van der Waals surface area contributed by atoms with Crippen LogP contribution in [-0.4, -0.2) is 24.1 Å². The molecule has 0 aromatic heterocycles. The van der Waals surface area contributed by atoms with Gasteiger partial charge in [-0.05, 0) is 19.3 Å². The van der Waals surface area contributed by atoms with Gasteiger partial charge >= 0.3 is 0 Å². The Kier molecular flexibility index (Phi) is 1.90. The Morgan fingerprint density at radius 2 is 1.82 bits per heavy atom. The van der Waals surface area contributed by atoms with Crippen molar-refractivity contribution in [3.8, 4) is 0 Å². The van der Waals surface area contributed by atoms with Crippen LogP contribution in [0.25, 0.3) is 0 Å². The van der Waals surface area contributed by atoms with E-state index in [0.29, 0.717) is 5.54 Å². The van der Waals surface area contributed by atoms with Gasteiger partial charge in [-0.1, -0.05) is 19.3 Å². The Morgan fingerprint density at radius 3 is 2.36 bits per heavy atom. The van der Waals surface area contributed by atoms with Gasteiger partial charge < -0.3 is 0 Å². The predicted octanol–water partition coefficient (Wildman–Crippen LogP) is 1.54. The SMILES string of the molecule is CN1CCC2(CCCCC2)[N]1. The average Bonchev–Trinajstić information content (AvgIpc) is 2.34. The largest absolute Gasteiger partial charge is 0.229 e. The molecule has 1 saturated carbocycles. The van der Waals surface area contributed by atoms with E-state index < -0.39 is 0 Å². The molecule has 1 radical (unpaired) electrons. The number of hydrogen-bond acceptors (Lipinski definition) is 1. The molecule has 0 bridgehead atoms. The molecule has 0 N–H and O–H groups in total. The van der Waals surface area contributed by atoms with Crippen LogP contribution < -0.4 is 5.43 Å². The van der Waals surface area contributed by atoms with Gasteiger partial charge in [-0.2, -0.15) is 5.43 Å². The summed E-state index contributed by atoms with van der Waals surface area (Å²) in [5, 5.41) is 2.13. The van der Waals surface area contributed by atoms with Gasteiger partial charge in [0.2, 0.25) is 0 Å². The highest BCUT2D eigenvalue weighted by atomic mass is 15.5. The normalized spacial score (nSPS) is 31.4. The van der Waals surface area contributed by atoms with E-state index in [2.05, 4.69) is 12.1 Å². The average molecular weight is 153 g/mol. The third kappa shape index (κ3) is 1.42. The quantitative estimate of drug-likeness (QED) is 0.516. The molecule has 2 nitrogen and oxygen atoms in total. The van der Waals surface area contributed by atoms with E-state index in [9.17, 15) is 0 Å². The van der Waals surface area contributed by atoms with E-state index in [1.54, 1.807) is 0 Å². The summed E-state index contributed by atoms with van der Waals surface area (Å²) in [6, 6.07) is 0. The second-order valence-electron chi connectivity index (χ2n) is 4.02. The monoisotopic (exact) mass is 153 g/mol. The fourth-order valence-corrected chi connectivity index (χ4v) is 2.39. The smallest absolute Gasteiger partial charge is 0.0541 e. The second kappa shape index (κ2) is 2.76. The van der Waals surface area contributed by atoms with Crippen molar-refractivity contribution >= 4 is 0 Å². The number of nitrogens with zero attached hydrogens (tertiary/aromatic N) is 2. The second-order valence-corrected chi connectivity index (χ2v) is 4.02. The first-order valence-corrected chi connectivity index (χ1v) is 4.75. The van der Waals surface area contributed by atoms with Gasteiger partial charge in [-0.3, -0.25) is 0 Å². The van der Waals surface area contributed by atoms with E-state index in [4.69, 9.17) is 5.43 Å². The summed E-state index contributed by atoms with van der Waals surface area (Å²) < 4.78 is 0. The number of hydrogen-bond donors (Lipinski definition) is 0. The molecule has 0 atom stereocenters. The fraction of sp³-hybridized carbons (Fsp3) is 1.00. The molecule has 2 fully saturated rings. The zero-order valence-electron chi connectivity index (χ0n) is 7.34. The Bertz CT molecular complexity index is 133. The lowest BCUT2D eigenvalue weighted by atomic mass is 9.81. The lowest BCUT2D eigenvalue weighted by molar-refractivity contribution is 0.175. The van der Waals surface area contributed by atoms with Crippen LogP contribution >= 0.6 is 0 Å². The molecular weight excluding hydrogens is 136 g/mol. The molecule has 11 heavy (non-hydrogen) atoms. The van der Waals surface area contributed by atoms with Crippen LogP contribution in [0, 0.1) is 0 Å². The minimum atomic E-state index is 0.396. The molecule has 0 amide bonds. The molecule has 1 aliphatic heterocycles. The lowest BCUT2D eigenvalue weighted by Crippen LogP contribution is -2.39. The third-order valence-corrected chi connectivity index (χ3v) is 3.07. The maximum absolute atomic E-state index is 4.71. The van der Waals surface area contributed by atoms with Crippen molar-refractivity contribution in [1.82, 2.24) is 10.4 Å². The van der Waals surface area contributed by atoms with Crippen molar-refractivity contribution in [2.45, 2.75) is 44.1 Å². The van der Waals surface area contributed by atoms with Crippen LogP contribution in [0.15, 0.2) is 0 Å². The molecule has 1 heterocycles. The Morgan fingerprint density at radius 1 is 1.09 bits per heavy atom. The van der Waals surface area contributed by atoms with E-state index in [-0.39, 0.29) is 0 Å². The highest BCUT2D eigenvalue weighted by Crippen LogP contribution is 2.35. The molecular formula is C9H17N2. The van der Waals surface area contributed by atoms with Gasteiger partial charge in [0.25, 0.3) is 0 Å². The molecule has 1 saturated heterocycles. The van der Waals surface area contributed by atoms with E-state index in [1.165, 1.54) is 45.1 Å². The van der Waals surface area contributed by atoms with Crippen LogP contribution in [0.5, 0.6) is 0 Å². The standard InChI is InChI=1S/C9H17N2/c1-11-8-7-9(10-11)5-3-2-4-6-9/h2-8H2,1H3. The van der Waals surface area contributed by atoms with Crippen LogP contribution in [0.1, 0.15) is 38.5 Å². The zero-order valence-corrected chi connectivity index (χ0v) is 7.34. The molecule has 0 aromatic carbocycles. The van der Waals surface area contributed by atoms with Crippen LogP contribution in [-0.2, 0) is 0 Å². The molecule has 63 valence electrons. The minimum Gasteiger partial charge on any atom is -0.229 e. The Labute approximate surface area is 68.9 Å². The predicted molar refractivity (Wildman–Crippen MR) is 45.2 cm³/mol. The first kappa shape index (κ1) is 7.56. The van der Waals surface area contributed by atoms with Crippen molar-refractivity contribution in [3.63, 3.8) is 0 Å². The van der Waals surface area contributed by atoms with E-state index >= 15 is 0 Å². The first-order chi connectivity index (χ1) is 5.31. The molecule has 0 unspecified atom stereocenters. The first-order valence-electron chi connectivity index (χ1n) is 4.75. The summed E-state index contributed by atoms with van der Waals surface area (Å²) in [4.78, 5) is 0. The van der Waals surface area contributed by atoms with Crippen LogP contribution in [0.4, 0.5) is 0 Å². The third-order valence-electron chi connectivity index (χ3n) is 3.07. The maximum Gasteiger partial charge on any atom is 0.0541 e. The van der Waals surface area contributed by atoms with Crippen LogP contribution in [0.3, 0.4) is 0 Å². The minimum absolute atomic E-state index is 0.396. The van der Waals surface area contributed by atoms with E-state index in [1.807, 2.05) is 0 Å². The van der Waals surface area contributed by atoms with Crippen molar-refractivity contribution in [3.05, 3.63) is 0 Å². The summed E-state index contributed by atoms with van der Waals surface area (Å²) in [6.45, 7) is 1.18. The number of rotatable bonds is 0. The maximum atomic E-state index is 4.71. The summed E-state index contributed by atoms with van der Waals surface area (Å²) in [5.41, 5.74) is 5.11. The Balaban J connectivity index is 1.98. The van der Waals surface area contributed by atoms with Gasteiger partial charge in [0.15, 0.2) is 0 Å². The molecule has 0 aromatic rings. The molecule has 2 heteroatoms. The van der Waals surface area contributed by atoms with Gasteiger partial charge in [-0.25, -0.2) is 5.01 Å². The highest BCUT2D eigenvalue weighted by Gasteiger charge is 2.38. The molecule has 1 aliphatic carbocycles. The van der Waals surface area contributed by atoms with Crippen LogP contribution in [0.2, 0.25) is 0 Å². The summed E-state index contributed by atoms with van der Waals surface area (Å²) in [6.07, 6.45) is 8.23. The van der Waals surface area contributed by atoms with Crippen molar-refractivity contribution in [2.75, 3.05) is 13.6 Å². The summed E-state index contributed by atoms with van der Waals surface area (Å²) >= 11 is 0. The molecule has 2 aliphatic rings. The highest BCUT2D eigenvalue weighted by molar-refractivity contribution is 4.93. The van der Waals surface area contributed by atoms with Gasteiger partial charge in [0.1, 0.15) is 0 Å².